The van der Waals surface area contributed by atoms with Crippen LogP contribution >= 0.6 is 0 Å². The largest absolute Gasteiger partial charge is 0.310 e. The Labute approximate surface area is 151 Å². The molecule has 0 aliphatic carbocycles. The summed E-state index contributed by atoms with van der Waals surface area (Å²) in [5.41, 5.74) is 3.68. The van der Waals surface area contributed by atoms with Crippen molar-refractivity contribution in [3.8, 4) is 0 Å². The molecule has 0 unspecified atom stereocenters. The number of hydrogen-bond acceptors (Lipinski definition) is 2. The molecule has 25 heavy (non-hydrogen) atoms. The average molecular weight is 336 g/mol. The van der Waals surface area contributed by atoms with Crippen molar-refractivity contribution in [3.05, 3.63) is 65.7 Å². The lowest BCUT2D eigenvalue weighted by atomic mass is 9.87. The minimum Gasteiger partial charge on any atom is -0.310 e. The van der Waals surface area contributed by atoms with E-state index in [2.05, 4.69) is 74.2 Å². The fraction of sp³-hybridized carbons (Fsp3) is 0.409. The van der Waals surface area contributed by atoms with Gasteiger partial charge in [0.1, 0.15) is 0 Å². The topological polar surface area (TPSA) is 23.6 Å². The highest BCUT2D eigenvalue weighted by Crippen LogP contribution is 2.27. The molecule has 1 aliphatic heterocycles. The smallest absolute Gasteiger partial charge is 0.244 e. The minimum absolute atomic E-state index is 0.101. The lowest BCUT2D eigenvalue weighted by Crippen LogP contribution is -2.55. The second-order valence-corrected chi connectivity index (χ2v) is 7.92. The minimum atomic E-state index is -0.101. The standard InChI is InChI=1S/C22H28N2O/c1-17-21(25)24(20-12-10-19(11-13-20)22(2,3)4)15-14-23(17)16-18-8-6-5-7-9-18/h5-13,17H,14-16H2,1-4H3/t17-/m1/s1. The van der Waals surface area contributed by atoms with Crippen LogP contribution in [-0.2, 0) is 16.8 Å². The zero-order chi connectivity index (χ0) is 18.0. The molecule has 1 fully saturated rings. The van der Waals surface area contributed by atoms with E-state index in [9.17, 15) is 4.79 Å². The van der Waals surface area contributed by atoms with Crippen LogP contribution in [0.4, 0.5) is 5.69 Å². The summed E-state index contributed by atoms with van der Waals surface area (Å²) in [4.78, 5) is 17.1. The number of benzene rings is 2. The second-order valence-electron chi connectivity index (χ2n) is 7.92. The number of carbonyl (C=O) groups excluding carboxylic acids is 1. The van der Waals surface area contributed by atoms with Crippen LogP contribution in [0, 0.1) is 0 Å². The number of anilines is 1. The Morgan fingerprint density at radius 3 is 2.20 bits per heavy atom. The number of nitrogens with zero attached hydrogens (tertiary/aromatic N) is 2. The molecule has 2 aromatic carbocycles. The van der Waals surface area contributed by atoms with Gasteiger partial charge in [-0.1, -0.05) is 63.2 Å². The molecule has 0 N–H and O–H groups in total. The van der Waals surface area contributed by atoms with Gasteiger partial charge >= 0.3 is 0 Å². The summed E-state index contributed by atoms with van der Waals surface area (Å²) in [5.74, 6) is 0.186. The predicted molar refractivity (Wildman–Crippen MR) is 104 cm³/mol. The van der Waals surface area contributed by atoms with Crippen molar-refractivity contribution >= 4 is 11.6 Å². The molecule has 2 aromatic rings. The molecule has 3 heteroatoms. The fourth-order valence-corrected chi connectivity index (χ4v) is 3.35. The van der Waals surface area contributed by atoms with Gasteiger partial charge in [-0.15, -0.1) is 0 Å². The molecule has 1 aliphatic rings. The van der Waals surface area contributed by atoms with E-state index in [4.69, 9.17) is 0 Å². The Kier molecular flexibility index (Phi) is 4.96. The van der Waals surface area contributed by atoms with Crippen LogP contribution in [0.2, 0.25) is 0 Å². The molecule has 0 spiro atoms. The Hall–Kier alpha value is -2.13. The Balaban J connectivity index is 1.71. The third kappa shape index (κ3) is 3.93. The van der Waals surface area contributed by atoms with E-state index in [0.29, 0.717) is 0 Å². The average Bonchev–Trinajstić information content (AvgIpc) is 2.59. The van der Waals surface area contributed by atoms with Gasteiger partial charge in [0.15, 0.2) is 0 Å². The van der Waals surface area contributed by atoms with E-state index in [1.165, 1.54) is 11.1 Å². The van der Waals surface area contributed by atoms with Crippen molar-refractivity contribution in [2.45, 2.75) is 45.7 Å². The normalized spacial score (nSPS) is 19.3. The molecule has 1 atom stereocenters. The van der Waals surface area contributed by atoms with Crippen LogP contribution in [0.3, 0.4) is 0 Å². The number of rotatable bonds is 3. The summed E-state index contributed by atoms with van der Waals surface area (Å²) >= 11 is 0. The molecule has 132 valence electrons. The molecular formula is C22H28N2O. The highest BCUT2D eigenvalue weighted by Gasteiger charge is 2.32. The third-order valence-electron chi connectivity index (χ3n) is 5.06. The lowest BCUT2D eigenvalue weighted by Gasteiger charge is -2.39. The van der Waals surface area contributed by atoms with E-state index in [1.807, 2.05) is 17.9 Å². The van der Waals surface area contributed by atoms with Crippen LogP contribution in [0.25, 0.3) is 0 Å². The number of piperazine rings is 1. The first-order valence-corrected chi connectivity index (χ1v) is 9.06. The van der Waals surface area contributed by atoms with Gasteiger partial charge in [0.2, 0.25) is 5.91 Å². The molecule has 0 radical (unpaired) electrons. The van der Waals surface area contributed by atoms with E-state index >= 15 is 0 Å². The Morgan fingerprint density at radius 1 is 0.960 bits per heavy atom. The van der Waals surface area contributed by atoms with E-state index < -0.39 is 0 Å². The second kappa shape index (κ2) is 7.01. The maximum atomic E-state index is 12.9. The van der Waals surface area contributed by atoms with Crippen molar-refractivity contribution in [3.63, 3.8) is 0 Å². The summed E-state index contributed by atoms with van der Waals surface area (Å²) in [7, 11) is 0. The van der Waals surface area contributed by atoms with Gasteiger partial charge in [-0.2, -0.15) is 0 Å². The van der Waals surface area contributed by atoms with Gasteiger partial charge in [-0.05, 0) is 35.6 Å². The first-order valence-electron chi connectivity index (χ1n) is 9.06. The van der Waals surface area contributed by atoms with Crippen molar-refractivity contribution in [1.82, 2.24) is 4.90 Å². The first-order chi connectivity index (χ1) is 11.9. The van der Waals surface area contributed by atoms with Gasteiger partial charge < -0.3 is 4.90 Å². The molecule has 3 nitrogen and oxygen atoms in total. The van der Waals surface area contributed by atoms with Crippen LogP contribution in [0.15, 0.2) is 54.6 Å². The first kappa shape index (κ1) is 17.7. The van der Waals surface area contributed by atoms with Crippen LogP contribution < -0.4 is 4.90 Å². The van der Waals surface area contributed by atoms with E-state index in [-0.39, 0.29) is 17.4 Å². The molecule has 1 amide bonds. The number of carbonyl (C=O) groups is 1. The lowest BCUT2D eigenvalue weighted by molar-refractivity contribution is -0.125. The quantitative estimate of drug-likeness (QED) is 0.838. The maximum Gasteiger partial charge on any atom is 0.244 e. The van der Waals surface area contributed by atoms with Gasteiger partial charge in [-0.25, -0.2) is 0 Å². The molecule has 0 bridgehead atoms. The molecule has 1 heterocycles. The third-order valence-corrected chi connectivity index (χ3v) is 5.06. The van der Waals surface area contributed by atoms with Gasteiger partial charge in [0.25, 0.3) is 0 Å². The van der Waals surface area contributed by atoms with Crippen molar-refractivity contribution in [1.29, 1.82) is 0 Å². The van der Waals surface area contributed by atoms with Crippen molar-refractivity contribution < 1.29 is 4.79 Å². The Bertz CT molecular complexity index is 716. The highest BCUT2D eigenvalue weighted by atomic mass is 16.2. The summed E-state index contributed by atoms with van der Waals surface area (Å²) in [6, 6.07) is 18.7. The van der Waals surface area contributed by atoms with E-state index in [0.717, 1.165) is 25.3 Å². The molecule has 0 saturated carbocycles. The molecule has 3 rings (SSSR count). The van der Waals surface area contributed by atoms with Gasteiger partial charge in [-0.3, -0.25) is 9.69 Å². The zero-order valence-corrected chi connectivity index (χ0v) is 15.7. The van der Waals surface area contributed by atoms with Crippen LogP contribution in [0.5, 0.6) is 0 Å². The van der Waals surface area contributed by atoms with Crippen molar-refractivity contribution in [2.75, 3.05) is 18.0 Å². The molecular weight excluding hydrogens is 308 g/mol. The Morgan fingerprint density at radius 2 is 1.60 bits per heavy atom. The van der Waals surface area contributed by atoms with Gasteiger partial charge in [0.05, 0.1) is 6.04 Å². The predicted octanol–water partition coefficient (Wildman–Crippen LogP) is 4.22. The summed E-state index contributed by atoms with van der Waals surface area (Å²) < 4.78 is 0. The SMILES string of the molecule is C[C@@H]1C(=O)N(c2ccc(C(C)(C)C)cc2)CCN1Cc1ccccc1. The summed E-state index contributed by atoms with van der Waals surface area (Å²) in [6.45, 7) is 11.1. The van der Waals surface area contributed by atoms with Crippen LogP contribution in [0.1, 0.15) is 38.8 Å². The fourth-order valence-electron chi connectivity index (χ4n) is 3.35. The number of hydrogen-bond donors (Lipinski definition) is 0. The van der Waals surface area contributed by atoms with Gasteiger partial charge in [0, 0.05) is 25.3 Å². The van der Waals surface area contributed by atoms with Crippen molar-refractivity contribution in [2.24, 2.45) is 0 Å². The summed E-state index contributed by atoms with van der Waals surface area (Å²) in [5, 5.41) is 0. The monoisotopic (exact) mass is 336 g/mol. The zero-order valence-electron chi connectivity index (χ0n) is 15.7. The van der Waals surface area contributed by atoms with E-state index in [1.54, 1.807) is 0 Å². The molecule has 0 aromatic heterocycles. The van der Waals surface area contributed by atoms with Crippen LogP contribution in [-0.4, -0.2) is 29.9 Å². The summed E-state index contributed by atoms with van der Waals surface area (Å²) in [6.07, 6.45) is 0. The maximum absolute atomic E-state index is 12.9. The number of amides is 1. The molecule has 1 saturated heterocycles. The highest BCUT2D eigenvalue weighted by molar-refractivity contribution is 5.97.